The van der Waals surface area contributed by atoms with Gasteiger partial charge in [0.25, 0.3) is 0 Å². The first-order valence-electron chi connectivity index (χ1n) is 25.0. The van der Waals surface area contributed by atoms with Crippen LogP contribution < -0.4 is 15.5 Å². The average Bonchev–Trinajstić information content (AvgIpc) is 4.14. The summed E-state index contributed by atoms with van der Waals surface area (Å²) in [5.41, 5.74) is 16.3. The highest BCUT2D eigenvalue weighted by Crippen LogP contribution is 2.33. The summed E-state index contributed by atoms with van der Waals surface area (Å²) < 4.78 is 22.6. The molecule has 0 aliphatic heterocycles. The number of rotatable bonds is 23. The van der Waals surface area contributed by atoms with E-state index < -0.39 is 11.9 Å². The minimum atomic E-state index is -0.462. The number of anilines is 3. The Kier molecular flexibility index (Phi) is 29.1. The van der Waals surface area contributed by atoms with Gasteiger partial charge in [-0.2, -0.15) is 28.9 Å². The maximum absolute atomic E-state index is 11.7. The zero-order chi connectivity index (χ0) is 60.0. The maximum atomic E-state index is 11.7. The highest BCUT2D eigenvalue weighted by molar-refractivity contribution is 7.10. The molecule has 0 spiro atoms. The summed E-state index contributed by atoms with van der Waals surface area (Å²) in [6.07, 6.45) is 8.83. The molecule has 6 N–H and O–H groups in total. The smallest absolute Gasteiger partial charge is 0.333 e. The molecule has 0 saturated heterocycles. The number of hydrogen-bond donors (Lipinski definition) is 5. The summed E-state index contributed by atoms with van der Waals surface area (Å²) in [6, 6.07) is 17.4. The molecule has 25 heteroatoms. The predicted octanol–water partition coefficient (Wildman–Crippen LogP) is 9.31. The molecule has 81 heavy (non-hydrogen) atoms. The first kappa shape index (κ1) is 66.9. The first-order chi connectivity index (χ1) is 38.8. The van der Waals surface area contributed by atoms with Gasteiger partial charge in [-0.25, -0.2) is 9.59 Å². The van der Waals surface area contributed by atoms with Gasteiger partial charge in [-0.05, 0) is 138 Å². The van der Waals surface area contributed by atoms with Crippen molar-refractivity contribution in [3.05, 3.63) is 141 Å². The van der Waals surface area contributed by atoms with E-state index in [0.717, 1.165) is 74.1 Å². The number of esters is 2. The Bertz CT molecular complexity index is 3170. The summed E-state index contributed by atoms with van der Waals surface area (Å²) in [7, 11) is 0. The van der Waals surface area contributed by atoms with Crippen LogP contribution in [0.25, 0.3) is 0 Å². The lowest BCUT2D eigenvalue weighted by Gasteiger charge is -2.25. The van der Waals surface area contributed by atoms with Crippen molar-refractivity contribution in [1.82, 2.24) is 18.0 Å². The van der Waals surface area contributed by atoms with Gasteiger partial charge in [0.05, 0.1) is 80.1 Å². The Labute approximate surface area is 484 Å². The fourth-order valence-corrected chi connectivity index (χ4v) is 8.80. The minimum Gasteiger partial charge on any atom is -0.460 e. The van der Waals surface area contributed by atoms with Gasteiger partial charge in [-0.3, -0.25) is 0 Å². The van der Waals surface area contributed by atoms with Crippen LogP contribution in [0.2, 0.25) is 0 Å². The second-order valence-corrected chi connectivity index (χ2v) is 19.8. The van der Waals surface area contributed by atoms with Crippen LogP contribution in [0.15, 0.2) is 111 Å². The molecule has 1 aliphatic rings. The lowest BCUT2D eigenvalue weighted by Crippen LogP contribution is -2.32. The van der Waals surface area contributed by atoms with Crippen molar-refractivity contribution in [3.63, 3.8) is 0 Å². The second kappa shape index (κ2) is 35.3. The number of aliphatic hydroxyl groups is 4. The van der Waals surface area contributed by atoms with E-state index in [4.69, 9.17) is 46.2 Å². The number of hydrogen-bond acceptors (Lipinski definition) is 25. The molecule has 6 rings (SSSR count). The van der Waals surface area contributed by atoms with E-state index in [0.29, 0.717) is 105 Å². The molecule has 0 saturated carbocycles. The predicted molar refractivity (Wildman–Crippen MR) is 315 cm³/mol. The van der Waals surface area contributed by atoms with E-state index in [1.807, 2.05) is 90.1 Å². The number of carbonyl (C=O) groups excluding carboxylic acids is 2. The van der Waals surface area contributed by atoms with E-state index in [-0.39, 0.29) is 39.6 Å². The molecule has 0 unspecified atom stereocenters. The van der Waals surface area contributed by atoms with Gasteiger partial charge in [0, 0.05) is 54.8 Å². The van der Waals surface area contributed by atoms with Crippen LogP contribution >= 0.6 is 34.6 Å². The van der Waals surface area contributed by atoms with Crippen molar-refractivity contribution in [2.24, 2.45) is 20.5 Å². The van der Waals surface area contributed by atoms with Gasteiger partial charge < -0.3 is 50.3 Å². The third-order valence-corrected chi connectivity index (χ3v) is 13.6. The number of benzene rings is 2. The Hall–Kier alpha value is -8.41. The topological polar surface area (TPSA) is 329 Å². The number of nitriles is 3. The Balaban J connectivity index is 0.000000315. The molecule has 0 radical (unpaired) electrons. The number of azo groups is 2. The van der Waals surface area contributed by atoms with E-state index in [1.165, 1.54) is 0 Å². The lowest BCUT2D eigenvalue weighted by molar-refractivity contribution is -0.139. The monoisotopic (exact) mass is 1160 g/mol. The molecule has 0 amide bonds. The molecule has 426 valence electrons. The molecule has 22 nitrogen and oxygen atoms in total. The number of aromatic nitrogens is 3. The fraction of sp³-hybridized carbons (Fsp3) is 0.357. The van der Waals surface area contributed by atoms with Crippen molar-refractivity contribution in [3.8, 4) is 18.2 Å². The van der Waals surface area contributed by atoms with Crippen molar-refractivity contribution >= 4 is 84.3 Å². The van der Waals surface area contributed by atoms with Crippen LogP contribution in [-0.4, -0.2) is 129 Å². The zero-order valence-corrected chi connectivity index (χ0v) is 49.1. The van der Waals surface area contributed by atoms with Gasteiger partial charge in [-0.1, -0.05) is 13.2 Å². The van der Waals surface area contributed by atoms with Crippen LogP contribution in [0.5, 0.6) is 0 Å². The van der Waals surface area contributed by atoms with E-state index in [1.54, 1.807) is 40.7 Å². The molecular formula is C56H67N14O8S3+. The summed E-state index contributed by atoms with van der Waals surface area (Å²) in [6.45, 7) is 24.7. The quantitative estimate of drug-likeness (QED) is 0.0176. The van der Waals surface area contributed by atoms with Crippen LogP contribution in [0.3, 0.4) is 0 Å². The Morgan fingerprint density at radius 3 is 1.36 bits per heavy atom. The minimum absolute atomic E-state index is 0.0160. The molecule has 0 fully saturated rings. The van der Waals surface area contributed by atoms with Crippen LogP contribution in [0, 0.1) is 74.7 Å². The standard InChI is InChI=1S/C24H27N5O4S.C16H19N5O2S.C11H16NO2.C5H5N3S/c1-15(2)23(30)32-11-9-29(10-12-33-24(31)16(3)4)19-7-8-21(17(5)13-19)26-27-22-20(14-25)18(6)28-34-22;1-11-9-13(21(5-7-22)6-8-23)3-4-15(11)18-19-16-14(10-17)12(2)20-24-16;1-10-3-2-4-11(9-10)12(5-7-13)6-8-14;1-3-4(2-6)5(7)9-8-3/h7-8,13H,1,3,9-12H2,2,4-6H3;3-4,9,22-23H,5-8H2,1-2H3;2,4,9,13-14H,5-8H2,1H3;7H2,1H3/q;;+1;. The second-order valence-electron chi connectivity index (χ2n) is 17.5. The number of nitrogens with two attached hydrogens (primary N) is 1. The number of allylic oxidation sites excluding steroid dienone is 5. The number of nitrogens with zero attached hydrogens (tertiary/aromatic N) is 13. The maximum Gasteiger partial charge on any atom is 0.333 e. The number of aryl methyl sites for hydroxylation is 5. The number of ether oxygens (including phenoxy) is 2. The molecular weight excluding hydrogens is 1090 g/mol. The molecule has 5 aromatic rings. The SMILES string of the molecule is C=C(C)C(=O)OCCN(CCOC(=O)C(=C)C)c1ccc(N=Nc2snc(C)c2C#N)c(C)c1.CC1=[C+]C=CC(N(CCO)CCO)=C1.Cc1cc(N(CCO)CCO)ccc1N=Nc1snc(C)c1C#N.Cc1nsc(N)c1C#N. The molecule has 1 aliphatic carbocycles. The fourth-order valence-electron chi connectivity index (χ4n) is 6.83. The number of carbonyl (C=O) groups is 2. The van der Waals surface area contributed by atoms with Crippen molar-refractivity contribution < 1.29 is 39.5 Å². The zero-order valence-electron chi connectivity index (χ0n) is 46.6. The summed E-state index contributed by atoms with van der Waals surface area (Å²) in [4.78, 5) is 29.2. The van der Waals surface area contributed by atoms with Crippen LogP contribution in [0.1, 0.15) is 65.7 Å². The third-order valence-electron chi connectivity index (χ3n) is 11.2. The molecule has 2 aromatic carbocycles. The third kappa shape index (κ3) is 21.6. The normalized spacial score (nSPS) is 11.2. The van der Waals surface area contributed by atoms with Gasteiger partial charge in [0.2, 0.25) is 0 Å². The van der Waals surface area contributed by atoms with E-state index >= 15 is 0 Å². The van der Waals surface area contributed by atoms with Crippen molar-refractivity contribution in [2.75, 3.05) is 94.4 Å². The van der Waals surface area contributed by atoms with Crippen molar-refractivity contribution in [2.45, 2.75) is 55.4 Å². The Morgan fingerprint density at radius 2 is 1.01 bits per heavy atom. The highest BCUT2D eigenvalue weighted by atomic mass is 32.1. The molecule has 0 bridgehead atoms. The average molecular weight is 1160 g/mol. The summed E-state index contributed by atoms with van der Waals surface area (Å²) in [5.74, 6) is -0.925. The molecule has 0 atom stereocenters. The molecule has 3 heterocycles. The van der Waals surface area contributed by atoms with Crippen LogP contribution in [0.4, 0.5) is 37.8 Å². The largest absolute Gasteiger partial charge is 0.460 e. The van der Waals surface area contributed by atoms with Gasteiger partial charge in [-0.15, -0.1) is 20.5 Å². The number of aliphatic hydroxyl groups excluding tert-OH is 4. The van der Waals surface area contributed by atoms with Gasteiger partial charge >= 0.3 is 11.9 Å². The van der Waals surface area contributed by atoms with E-state index in [9.17, 15) is 14.9 Å². The molecule has 3 aromatic heterocycles. The van der Waals surface area contributed by atoms with Gasteiger partial charge in [0.1, 0.15) is 64.8 Å². The summed E-state index contributed by atoms with van der Waals surface area (Å²) in [5, 5.41) is 81.0. The first-order valence-corrected chi connectivity index (χ1v) is 27.3. The van der Waals surface area contributed by atoms with Crippen molar-refractivity contribution in [1.29, 1.82) is 15.8 Å². The lowest BCUT2D eigenvalue weighted by atomic mass is 10.1. The van der Waals surface area contributed by atoms with Crippen LogP contribution in [-0.2, 0) is 19.1 Å². The summed E-state index contributed by atoms with van der Waals surface area (Å²) >= 11 is 3.44. The number of nitrogen functional groups attached to an aromatic ring is 1. The Morgan fingerprint density at radius 1 is 0.617 bits per heavy atom. The van der Waals surface area contributed by atoms with Gasteiger partial charge in [0.15, 0.2) is 15.7 Å². The highest BCUT2D eigenvalue weighted by Gasteiger charge is 2.17. The van der Waals surface area contributed by atoms with E-state index in [2.05, 4.69) is 64.9 Å².